The van der Waals surface area contributed by atoms with E-state index < -0.39 is 0 Å². The van der Waals surface area contributed by atoms with Crippen LogP contribution in [-0.2, 0) is 0 Å². The Hall–Kier alpha value is -2.87. The molecule has 1 amide bonds. The van der Waals surface area contributed by atoms with Crippen molar-refractivity contribution in [1.82, 2.24) is 4.98 Å². The first kappa shape index (κ1) is 13.6. The Morgan fingerprint density at radius 3 is 2.80 bits per heavy atom. The number of rotatable bonds is 3. The average Bonchev–Trinajstić information content (AvgIpc) is 2.47. The second-order valence-corrected chi connectivity index (χ2v) is 4.42. The Balaban J connectivity index is 2.26. The molecule has 1 N–H and O–H groups in total. The summed E-state index contributed by atoms with van der Waals surface area (Å²) in [6.45, 7) is 0. The Bertz CT molecular complexity index is 674. The summed E-state index contributed by atoms with van der Waals surface area (Å²) in [6.07, 6.45) is 1.67. The van der Waals surface area contributed by atoms with E-state index in [0.717, 1.165) is 0 Å². The number of carbonyl (C=O) groups is 1. The molecule has 0 aliphatic heterocycles. The number of hydrogen-bond donors (Lipinski definition) is 1. The van der Waals surface area contributed by atoms with Gasteiger partial charge in [0.05, 0.1) is 17.3 Å². The van der Waals surface area contributed by atoms with Crippen molar-refractivity contribution in [3.63, 3.8) is 0 Å². The van der Waals surface area contributed by atoms with Crippen molar-refractivity contribution in [2.24, 2.45) is 0 Å². The lowest BCUT2D eigenvalue weighted by Gasteiger charge is -2.16. The molecule has 1 aromatic heterocycles. The van der Waals surface area contributed by atoms with Crippen LogP contribution in [0.2, 0.25) is 0 Å². The molecule has 0 unspecified atom stereocenters. The van der Waals surface area contributed by atoms with Crippen LogP contribution in [0.25, 0.3) is 0 Å². The van der Waals surface area contributed by atoms with Crippen LogP contribution in [0.5, 0.6) is 0 Å². The second-order valence-electron chi connectivity index (χ2n) is 4.42. The first-order valence-corrected chi connectivity index (χ1v) is 6.05. The summed E-state index contributed by atoms with van der Waals surface area (Å²) in [5, 5.41) is 11.7. The van der Waals surface area contributed by atoms with Crippen molar-refractivity contribution in [1.29, 1.82) is 5.26 Å². The molecule has 0 spiro atoms. The molecule has 0 atom stereocenters. The summed E-state index contributed by atoms with van der Waals surface area (Å²) in [5.41, 5.74) is 1.53. The van der Waals surface area contributed by atoms with E-state index in [4.69, 9.17) is 5.26 Å². The third-order valence-corrected chi connectivity index (χ3v) is 2.71. The van der Waals surface area contributed by atoms with E-state index in [-0.39, 0.29) is 5.91 Å². The fourth-order valence-electron chi connectivity index (χ4n) is 1.78. The van der Waals surface area contributed by atoms with Crippen LogP contribution in [0.4, 0.5) is 11.5 Å². The van der Waals surface area contributed by atoms with Crippen molar-refractivity contribution in [2.75, 3.05) is 24.3 Å². The molecule has 5 nitrogen and oxygen atoms in total. The highest BCUT2D eigenvalue weighted by Gasteiger charge is 2.11. The molecule has 2 rings (SSSR count). The summed E-state index contributed by atoms with van der Waals surface area (Å²) in [6, 6.07) is 12.1. The number of anilines is 2. The van der Waals surface area contributed by atoms with Gasteiger partial charge in [-0.25, -0.2) is 4.98 Å². The summed E-state index contributed by atoms with van der Waals surface area (Å²) in [4.78, 5) is 18.2. The maximum atomic E-state index is 12.2. The summed E-state index contributed by atoms with van der Waals surface area (Å²) in [7, 11) is 3.71. The maximum absolute atomic E-state index is 12.2. The highest BCUT2D eigenvalue weighted by molar-refractivity contribution is 6.05. The van der Waals surface area contributed by atoms with Crippen LogP contribution >= 0.6 is 0 Å². The molecule has 1 heterocycles. The molecule has 0 aliphatic rings. The van der Waals surface area contributed by atoms with Gasteiger partial charge in [0.2, 0.25) is 0 Å². The molecule has 5 heteroatoms. The molecule has 2 aromatic rings. The van der Waals surface area contributed by atoms with Gasteiger partial charge in [-0.3, -0.25) is 4.79 Å². The summed E-state index contributed by atoms with van der Waals surface area (Å²) in [5.74, 6) is 0.412. The third kappa shape index (κ3) is 2.93. The predicted molar refractivity (Wildman–Crippen MR) is 77.7 cm³/mol. The normalized spacial score (nSPS) is 9.65. The standard InChI is InChI=1S/C15H14N4O/c1-19(2)14-13(7-4-8-17-14)18-15(20)12-6-3-5-11(9-12)10-16/h3-9H,1-2H3,(H,18,20). The SMILES string of the molecule is CN(C)c1ncccc1NC(=O)c1cccc(C#N)c1. The van der Waals surface area contributed by atoms with Crippen LogP contribution in [-0.4, -0.2) is 25.0 Å². The molecule has 0 saturated carbocycles. The number of benzene rings is 1. The number of pyridine rings is 1. The van der Waals surface area contributed by atoms with Gasteiger partial charge in [0.15, 0.2) is 5.82 Å². The second kappa shape index (κ2) is 5.85. The van der Waals surface area contributed by atoms with Gasteiger partial charge in [-0.05, 0) is 30.3 Å². The molecule has 0 saturated heterocycles. The van der Waals surface area contributed by atoms with Gasteiger partial charge in [0.1, 0.15) is 0 Å². The molecule has 20 heavy (non-hydrogen) atoms. The Morgan fingerprint density at radius 1 is 1.30 bits per heavy atom. The van der Waals surface area contributed by atoms with E-state index in [1.165, 1.54) is 0 Å². The van der Waals surface area contributed by atoms with Crippen molar-refractivity contribution in [3.05, 3.63) is 53.7 Å². The summed E-state index contributed by atoms with van der Waals surface area (Å²) >= 11 is 0. The third-order valence-electron chi connectivity index (χ3n) is 2.71. The summed E-state index contributed by atoms with van der Waals surface area (Å²) < 4.78 is 0. The fraction of sp³-hybridized carbons (Fsp3) is 0.133. The molecule has 100 valence electrons. The van der Waals surface area contributed by atoms with Crippen molar-refractivity contribution < 1.29 is 4.79 Å². The van der Waals surface area contributed by atoms with E-state index in [1.54, 1.807) is 42.6 Å². The number of nitriles is 1. The topological polar surface area (TPSA) is 69.0 Å². The number of nitrogens with one attached hydrogen (secondary N) is 1. The number of nitrogens with zero attached hydrogens (tertiary/aromatic N) is 3. The van der Waals surface area contributed by atoms with Gasteiger partial charge in [0, 0.05) is 25.9 Å². The van der Waals surface area contributed by atoms with Gasteiger partial charge < -0.3 is 10.2 Å². The van der Waals surface area contributed by atoms with Gasteiger partial charge in [0.25, 0.3) is 5.91 Å². The van der Waals surface area contributed by atoms with Crippen molar-refractivity contribution in [2.45, 2.75) is 0 Å². The molecule has 0 aliphatic carbocycles. The van der Waals surface area contributed by atoms with Gasteiger partial charge in [-0.1, -0.05) is 6.07 Å². The number of aromatic nitrogens is 1. The monoisotopic (exact) mass is 266 g/mol. The Labute approximate surface area is 117 Å². The van der Waals surface area contributed by atoms with E-state index >= 15 is 0 Å². The zero-order chi connectivity index (χ0) is 14.5. The largest absolute Gasteiger partial charge is 0.361 e. The highest BCUT2D eigenvalue weighted by atomic mass is 16.1. The van der Waals surface area contributed by atoms with Crippen LogP contribution in [0, 0.1) is 11.3 Å². The predicted octanol–water partition coefficient (Wildman–Crippen LogP) is 2.27. The quantitative estimate of drug-likeness (QED) is 0.925. The Kier molecular flexibility index (Phi) is 3.96. The zero-order valence-corrected chi connectivity index (χ0v) is 11.3. The first-order chi connectivity index (χ1) is 9.61. The van der Waals surface area contributed by atoms with Crippen LogP contribution < -0.4 is 10.2 Å². The van der Waals surface area contributed by atoms with Crippen LogP contribution in [0.15, 0.2) is 42.6 Å². The van der Waals surface area contributed by atoms with Crippen molar-refractivity contribution in [3.8, 4) is 6.07 Å². The van der Waals surface area contributed by atoms with E-state index in [0.29, 0.717) is 22.6 Å². The smallest absolute Gasteiger partial charge is 0.255 e. The fourth-order valence-corrected chi connectivity index (χ4v) is 1.78. The highest BCUT2D eigenvalue weighted by Crippen LogP contribution is 2.21. The van der Waals surface area contributed by atoms with Crippen LogP contribution in [0.1, 0.15) is 15.9 Å². The number of carbonyl (C=O) groups excluding carboxylic acids is 1. The maximum Gasteiger partial charge on any atom is 0.255 e. The lowest BCUT2D eigenvalue weighted by atomic mass is 10.1. The van der Waals surface area contributed by atoms with Gasteiger partial charge >= 0.3 is 0 Å². The first-order valence-electron chi connectivity index (χ1n) is 6.05. The number of amides is 1. The average molecular weight is 266 g/mol. The minimum atomic E-state index is -0.266. The minimum Gasteiger partial charge on any atom is -0.361 e. The molecule has 0 bridgehead atoms. The lowest BCUT2D eigenvalue weighted by molar-refractivity contribution is 0.102. The number of hydrogen-bond acceptors (Lipinski definition) is 4. The molecule has 0 radical (unpaired) electrons. The van der Waals surface area contributed by atoms with E-state index in [9.17, 15) is 4.79 Å². The molecule has 1 aromatic carbocycles. The molecular weight excluding hydrogens is 252 g/mol. The molecule has 0 fully saturated rings. The zero-order valence-electron chi connectivity index (χ0n) is 11.3. The Morgan fingerprint density at radius 2 is 2.10 bits per heavy atom. The van der Waals surface area contributed by atoms with Crippen LogP contribution in [0.3, 0.4) is 0 Å². The van der Waals surface area contributed by atoms with Gasteiger partial charge in [-0.15, -0.1) is 0 Å². The van der Waals surface area contributed by atoms with Gasteiger partial charge in [-0.2, -0.15) is 5.26 Å². The molecular formula is C15H14N4O. The van der Waals surface area contributed by atoms with E-state index in [2.05, 4.69) is 10.3 Å². The van der Waals surface area contributed by atoms with Crippen molar-refractivity contribution >= 4 is 17.4 Å². The lowest BCUT2D eigenvalue weighted by Crippen LogP contribution is -2.17. The van der Waals surface area contributed by atoms with E-state index in [1.807, 2.05) is 25.1 Å². The minimum absolute atomic E-state index is 0.266.